The Morgan fingerprint density at radius 2 is 1.88 bits per heavy atom. The topological polar surface area (TPSA) is 90.3 Å². The average molecular weight is 428 g/mol. The number of carbonyl (C=O) groups is 3. The van der Waals surface area contributed by atoms with Crippen LogP contribution in [-0.4, -0.2) is 30.7 Å². The predicted molar refractivity (Wildman–Crippen MR) is 120 cm³/mol. The third-order valence-electron chi connectivity index (χ3n) is 7.38. The number of Topliss-reactive ketones (excluding diaryl/α,β-unsaturated/α-hetero) is 1. The number of hydrogen-bond donors (Lipinski definition) is 1. The van der Waals surface area contributed by atoms with Crippen LogP contribution in [0.5, 0.6) is 0 Å². The second-order valence-corrected chi connectivity index (χ2v) is 9.30. The molecule has 1 N–H and O–H groups in total. The minimum atomic E-state index is -0.543. The molecule has 0 radical (unpaired) electrons. The third kappa shape index (κ3) is 3.48. The fourth-order valence-corrected chi connectivity index (χ4v) is 5.60. The summed E-state index contributed by atoms with van der Waals surface area (Å²) >= 11 is 0. The van der Waals surface area contributed by atoms with Gasteiger partial charge in [0.25, 0.3) is 11.7 Å². The SMILES string of the molecule is CN1C(=O)C(=O)c2ccc(-c3ccc(C[C@@H](C#N)NC(=O)[C@H]4C[C@@H]5CC[C@H]4C5)cc3)cc21. The summed E-state index contributed by atoms with van der Waals surface area (Å²) in [5, 5.41) is 12.5. The summed E-state index contributed by atoms with van der Waals surface area (Å²) in [6.07, 6.45) is 4.98. The van der Waals surface area contributed by atoms with Crippen molar-refractivity contribution in [1.29, 1.82) is 5.26 Å². The number of nitriles is 1. The van der Waals surface area contributed by atoms with E-state index in [0.717, 1.165) is 36.0 Å². The van der Waals surface area contributed by atoms with Crippen LogP contribution in [-0.2, 0) is 16.0 Å². The second kappa shape index (κ2) is 7.90. The molecular weight excluding hydrogens is 402 g/mol. The first-order valence-corrected chi connectivity index (χ1v) is 11.2. The highest BCUT2D eigenvalue weighted by Crippen LogP contribution is 2.48. The Bertz CT molecular complexity index is 1150. The van der Waals surface area contributed by atoms with Gasteiger partial charge in [-0.15, -0.1) is 0 Å². The second-order valence-electron chi connectivity index (χ2n) is 9.30. The number of rotatable bonds is 5. The first-order valence-electron chi connectivity index (χ1n) is 11.2. The van der Waals surface area contributed by atoms with Crippen LogP contribution in [0, 0.1) is 29.1 Å². The zero-order chi connectivity index (χ0) is 22.4. The quantitative estimate of drug-likeness (QED) is 0.740. The van der Waals surface area contributed by atoms with Gasteiger partial charge in [-0.1, -0.05) is 36.8 Å². The highest BCUT2D eigenvalue weighted by atomic mass is 16.2. The fourth-order valence-electron chi connectivity index (χ4n) is 5.60. The van der Waals surface area contributed by atoms with Crippen LogP contribution in [0.4, 0.5) is 5.69 Å². The van der Waals surface area contributed by atoms with Crippen molar-refractivity contribution >= 4 is 23.3 Å². The molecule has 2 fully saturated rings. The lowest BCUT2D eigenvalue weighted by Crippen LogP contribution is -2.40. The third-order valence-corrected chi connectivity index (χ3v) is 7.38. The maximum Gasteiger partial charge on any atom is 0.299 e. The van der Waals surface area contributed by atoms with Gasteiger partial charge in [-0.25, -0.2) is 0 Å². The number of hydrogen-bond acceptors (Lipinski definition) is 4. The van der Waals surface area contributed by atoms with Crippen molar-refractivity contribution in [2.24, 2.45) is 17.8 Å². The summed E-state index contributed by atoms with van der Waals surface area (Å²) in [4.78, 5) is 38.0. The van der Waals surface area contributed by atoms with Gasteiger partial charge >= 0.3 is 0 Å². The number of likely N-dealkylation sites (N-methyl/N-ethyl adjacent to an activating group) is 1. The van der Waals surface area contributed by atoms with Crippen LogP contribution in [0.25, 0.3) is 11.1 Å². The van der Waals surface area contributed by atoms with E-state index in [9.17, 15) is 19.6 Å². The molecular formula is C26H25N3O3. The van der Waals surface area contributed by atoms with E-state index in [1.54, 1.807) is 13.1 Å². The standard InChI is InChI=1S/C26H25N3O3/c1-29-23-13-18(8-9-21(23)24(30)26(29)32)17-5-2-15(3-6-17)11-20(14-27)28-25(31)22-12-16-4-7-19(22)10-16/h2-3,5-6,8-9,13,16,19-20,22H,4,7,10-12H2,1H3,(H,28,31)/t16-,19+,20+,22+/m1/s1. The van der Waals surface area contributed by atoms with Crippen molar-refractivity contribution in [2.45, 2.75) is 38.1 Å². The summed E-state index contributed by atoms with van der Waals surface area (Å²) in [6, 6.07) is 14.9. The molecule has 2 saturated carbocycles. The molecule has 1 heterocycles. The van der Waals surface area contributed by atoms with E-state index < -0.39 is 17.7 Å². The molecule has 32 heavy (non-hydrogen) atoms. The van der Waals surface area contributed by atoms with E-state index in [2.05, 4.69) is 11.4 Å². The van der Waals surface area contributed by atoms with Gasteiger partial charge in [0.1, 0.15) is 6.04 Å². The number of fused-ring (bicyclic) bond motifs is 3. The lowest BCUT2D eigenvalue weighted by atomic mass is 9.88. The lowest BCUT2D eigenvalue weighted by molar-refractivity contribution is -0.126. The van der Waals surface area contributed by atoms with Crippen LogP contribution < -0.4 is 10.2 Å². The molecule has 162 valence electrons. The Morgan fingerprint density at radius 3 is 2.53 bits per heavy atom. The predicted octanol–water partition coefficient (Wildman–Crippen LogP) is 3.50. The van der Waals surface area contributed by atoms with E-state index >= 15 is 0 Å². The smallest absolute Gasteiger partial charge is 0.299 e. The minimum Gasteiger partial charge on any atom is -0.340 e. The van der Waals surface area contributed by atoms with Gasteiger partial charge in [0.05, 0.1) is 17.3 Å². The van der Waals surface area contributed by atoms with Crippen LogP contribution in [0.2, 0.25) is 0 Å². The fraction of sp³-hybridized carbons (Fsp3) is 0.385. The van der Waals surface area contributed by atoms with Gasteiger partial charge < -0.3 is 10.2 Å². The number of anilines is 1. The van der Waals surface area contributed by atoms with Crippen molar-refractivity contribution in [3.8, 4) is 17.2 Å². The molecule has 2 aromatic carbocycles. The molecule has 2 aromatic rings. The molecule has 5 rings (SSSR count). The summed E-state index contributed by atoms with van der Waals surface area (Å²) in [6.45, 7) is 0. The molecule has 2 bridgehead atoms. The van der Waals surface area contributed by atoms with Gasteiger partial charge in [0, 0.05) is 19.4 Å². The molecule has 2 amide bonds. The summed E-state index contributed by atoms with van der Waals surface area (Å²) in [5.74, 6) is 0.312. The lowest BCUT2D eigenvalue weighted by Gasteiger charge is -2.22. The maximum absolute atomic E-state index is 12.7. The number of nitrogens with zero attached hydrogens (tertiary/aromatic N) is 2. The molecule has 0 aromatic heterocycles. The molecule has 0 saturated heterocycles. The Balaban J connectivity index is 1.26. The Kier molecular flexibility index (Phi) is 5.05. The molecule has 2 aliphatic carbocycles. The zero-order valence-electron chi connectivity index (χ0n) is 18.0. The van der Waals surface area contributed by atoms with Crippen LogP contribution in [0.1, 0.15) is 41.6 Å². The number of amides is 2. The number of nitrogens with one attached hydrogen (secondary N) is 1. The minimum absolute atomic E-state index is 0.0340. The van der Waals surface area contributed by atoms with Crippen molar-refractivity contribution < 1.29 is 14.4 Å². The summed E-state index contributed by atoms with van der Waals surface area (Å²) in [5.41, 5.74) is 3.88. The van der Waals surface area contributed by atoms with Gasteiger partial charge in [0.2, 0.25) is 5.91 Å². The highest BCUT2D eigenvalue weighted by Gasteiger charge is 2.43. The van der Waals surface area contributed by atoms with E-state index in [4.69, 9.17) is 0 Å². The van der Waals surface area contributed by atoms with E-state index in [1.165, 1.54) is 11.3 Å². The Hall–Kier alpha value is -3.46. The molecule has 3 aliphatic rings. The zero-order valence-corrected chi connectivity index (χ0v) is 18.0. The molecule has 0 unspecified atom stereocenters. The maximum atomic E-state index is 12.7. The van der Waals surface area contributed by atoms with Gasteiger partial charge in [-0.3, -0.25) is 14.4 Å². The average Bonchev–Trinajstić information content (AvgIpc) is 3.51. The van der Waals surface area contributed by atoms with E-state index in [0.29, 0.717) is 29.5 Å². The molecule has 6 heteroatoms. The number of ketones is 1. The largest absolute Gasteiger partial charge is 0.340 e. The molecule has 6 nitrogen and oxygen atoms in total. The van der Waals surface area contributed by atoms with Crippen molar-refractivity contribution in [2.75, 3.05) is 11.9 Å². The first kappa shape index (κ1) is 20.4. The number of benzene rings is 2. The van der Waals surface area contributed by atoms with Crippen LogP contribution in [0.15, 0.2) is 42.5 Å². The molecule has 1 aliphatic heterocycles. The van der Waals surface area contributed by atoms with E-state index in [1.807, 2.05) is 36.4 Å². The first-order chi connectivity index (χ1) is 15.4. The highest BCUT2D eigenvalue weighted by molar-refractivity contribution is 6.52. The van der Waals surface area contributed by atoms with Gasteiger partial charge in [-0.05, 0) is 59.9 Å². The van der Waals surface area contributed by atoms with Gasteiger partial charge in [0.15, 0.2) is 0 Å². The Morgan fingerprint density at radius 1 is 1.12 bits per heavy atom. The molecule has 0 spiro atoms. The normalized spacial score (nSPS) is 24.4. The molecule has 4 atom stereocenters. The summed E-state index contributed by atoms with van der Waals surface area (Å²) in [7, 11) is 1.60. The van der Waals surface area contributed by atoms with Crippen LogP contribution in [0.3, 0.4) is 0 Å². The van der Waals surface area contributed by atoms with Crippen LogP contribution >= 0.6 is 0 Å². The Labute approximate surface area is 187 Å². The summed E-state index contributed by atoms with van der Waals surface area (Å²) < 4.78 is 0. The van der Waals surface area contributed by atoms with Crippen molar-refractivity contribution in [3.63, 3.8) is 0 Å². The monoisotopic (exact) mass is 427 g/mol. The van der Waals surface area contributed by atoms with Crippen molar-refractivity contribution in [1.82, 2.24) is 5.32 Å². The number of carbonyl (C=O) groups excluding carboxylic acids is 3. The van der Waals surface area contributed by atoms with Crippen molar-refractivity contribution in [3.05, 3.63) is 53.6 Å². The van der Waals surface area contributed by atoms with Gasteiger partial charge in [-0.2, -0.15) is 5.26 Å². The van der Waals surface area contributed by atoms with E-state index in [-0.39, 0.29) is 11.8 Å².